The number of aromatic nitrogens is 2. The summed E-state index contributed by atoms with van der Waals surface area (Å²) in [5.41, 5.74) is -0.463. The summed E-state index contributed by atoms with van der Waals surface area (Å²) < 4.78 is 4.79. The van der Waals surface area contributed by atoms with E-state index in [1.165, 1.54) is 6.33 Å². The number of rotatable bonds is 4. The highest BCUT2D eigenvalue weighted by molar-refractivity contribution is 6.32. The monoisotopic (exact) mass is 245 g/mol. The summed E-state index contributed by atoms with van der Waals surface area (Å²) in [7, 11) is 0. The Morgan fingerprint density at radius 2 is 2.44 bits per heavy atom. The molecule has 0 amide bonds. The van der Waals surface area contributed by atoms with Crippen LogP contribution in [0.1, 0.15) is 13.8 Å². The largest absolute Gasteiger partial charge is 0.464 e. The van der Waals surface area contributed by atoms with Gasteiger partial charge in [0.2, 0.25) is 0 Å². The summed E-state index contributed by atoms with van der Waals surface area (Å²) in [5, 5.41) is 2.61. The van der Waals surface area contributed by atoms with Crippen LogP contribution in [0.3, 0.4) is 0 Å². The molecule has 1 unspecified atom stereocenters. The topological polar surface area (TPSA) is 84.1 Å². The molecule has 88 valence electrons. The van der Waals surface area contributed by atoms with Gasteiger partial charge in [-0.3, -0.25) is 4.79 Å². The summed E-state index contributed by atoms with van der Waals surface area (Å²) in [6.45, 7) is 3.60. The lowest BCUT2D eigenvalue weighted by Gasteiger charge is -2.13. The van der Waals surface area contributed by atoms with Crippen LogP contribution in [0.15, 0.2) is 11.1 Å². The molecule has 7 heteroatoms. The Labute approximate surface area is 97.0 Å². The van der Waals surface area contributed by atoms with Crippen LogP contribution < -0.4 is 10.9 Å². The average molecular weight is 246 g/mol. The molecule has 2 N–H and O–H groups in total. The molecule has 1 aromatic heterocycles. The third kappa shape index (κ3) is 2.96. The van der Waals surface area contributed by atoms with Crippen molar-refractivity contribution < 1.29 is 9.53 Å². The molecule has 0 aromatic carbocycles. The first-order valence-corrected chi connectivity index (χ1v) is 5.10. The predicted octanol–water partition coefficient (Wildman–Crippen LogP) is 0.787. The van der Waals surface area contributed by atoms with Gasteiger partial charge in [0.1, 0.15) is 11.1 Å². The van der Waals surface area contributed by atoms with Crippen LogP contribution in [-0.4, -0.2) is 28.6 Å². The highest BCUT2D eigenvalue weighted by atomic mass is 35.5. The van der Waals surface area contributed by atoms with E-state index in [0.29, 0.717) is 6.61 Å². The van der Waals surface area contributed by atoms with Crippen LogP contribution in [0.25, 0.3) is 0 Å². The molecule has 0 saturated heterocycles. The molecule has 1 rings (SSSR count). The van der Waals surface area contributed by atoms with Crippen molar-refractivity contribution in [3.63, 3.8) is 0 Å². The zero-order valence-corrected chi connectivity index (χ0v) is 9.67. The molecule has 0 aliphatic carbocycles. The first-order chi connectivity index (χ1) is 7.56. The second-order valence-electron chi connectivity index (χ2n) is 3.01. The van der Waals surface area contributed by atoms with Crippen LogP contribution in [0.4, 0.5) is 5.82 Å². The minimum atomic E-state index is -0.619. The van der Waals surface area contributed by atoms with Gasteiger partial charge < -0.3 is 15.0 Å². The van der Waals surface area contributed by atoms with Gasteiger partial charge in [0.25, 0.3) is 5.56 Å². The number of ether oxygens (including phenoxy) is 1. The number of halogens is 1. The fourth-order valence-corrected chi connectivity index (χ4v) is 1.17. The number of aromatic amines is 1. The lowest BCUT2D eigenvalue weighted by Crippen LogP contribution is -2.29. The number of carbonyl (C=O) groups excluding carboxylic acids is 1. The maximum absolute atomic E-state index is 11.3. The summed E-state index contributed by atoms with van der Waals surface area (Å²) >= 11 is 5.70. The van der Waals surface area contributed by atoms with E-state index in [0.717, 1.165) is 0 Å². The van der Waals surface area contributed by atoms with Crippen molar-refractivity contribution in [1.82, 2.24) is 9.97 Å². The van der Waals surface area contributed by atoms with E-state index < -0.39 is 17.6 Å². The van der Waals surface area contributed by atoms with Gasteiger partial charge in [-0.1, -0.05) is 11.6 Å². The quantitative estimate of drug-likeness (QED) is 0.766. The number of nitrogens with one attached hydrogen (secondary N) is 2. The number of H-pyrrole nitrogens is 1. The minimum absolute atomic E-state index is 0.0846. The molecule has 1 atom stereocenters. The van der Waals surface area contributed by atoms with Gasteiger partial charge in [-0.15, -0.1) is 0 Å². The van der Waals surface area contributed by atoms with Crippen LogP contribution in [0.5, 0.6) is 0 Å². The fourth-order valence-electron chi connectivity index (χ4n) is 1.01. The van der Waals surface area contributed by atoms with Crippen LogP contribution in [-0.2, 0) is 9.53 Å². The summed E-state index contributed by atoms with van der Waals surface area (Å²) in [6.07, 6.45) is 1.20. The Kier molecular flexibility index (Phi) is 4.30. The van der Waals surface area contributed by atoms with Crippen LogP contribution in [0, 0.1) is 0 Å². The highest BCUT2D eigenvalue weighted by Crippen LogP contribution is 2.13. The molecule has 0 spiro atoms. The number of carbonyl (C=O) groups is 1. The van der Waals surface area contributed by atoms with Crippen molar-refractivity contribution in [1.29, 1.82) is 0 Å². The Morgan fingerprint density at radius 3 is 3.06 bits per heavy atom. The van der Waals surface area contributed by atoms with Crippen LogP contribution >= 0.6 is 11.6 Å². The lowest BCUT2D eigenvalue weighted by molar-refractivity contribution is -0.143. The Hall–Kier alpha value is -1.56. The van der Waals surface area contributed by atoms with E-state index >= 15 is 0 Å². The van der Waals surface area contributed by atoms with Gasteiger partial charge in [-0.05, 0) is 13.8 Å². The summed E-state index contributed by atoms with van der Waals surface area (Å²) in [5.74, 6) is -0.272. The molecule has 0 aliphatic rings. The van der Waals surface area contributed by atoms with Gasteiger partial charge in [0.15, 0.2) is 5.82 Å². The molecule has 0 saturated carbocycles. The van der Waals surface area contributed by atoms with Crippen molar-refractivity contribution in [3.05, 3.63) is 21.7 Å². The highest BCUT2D eigenvalue weighted by Gasteiger charge is 2.16. The van der Waals surface area contributed by atoms with Gasteiger partial charge in [0.05, 0.1) is 12.9 Å². The van der Waals surface area contributed by atoms with Crippen molar-refractivity contribution in [3.8, 4) is 0 Å². The number of nitrogens with zero attached hydrogens (tertiary/aromatic N) is 1. The molecule has 0 radical (unpaired) electrons. The SMILES string of the molecule is CCOC(=O)C(C)Nc1nc[nH]c(=O)c1Cl. The molecule has 1 heterocycles. The molecule has 16 heavy (non-hydrogen) atoms. The Morgan fingerprint density at radius 1 is 1.75 bits per heavy atom. The Bertz CT molecular complexity index is 432. The lowest BCUT2D eigenvalue weighted by atomic mass is 10.3. The molecule has 0 aliphatic heterocycles. The fraction of sp³-hybridized carbons (Fsp3) is 0.444. The maximum Gasteiger partial charge on any atom is 0.328 e. The predicted molar refractivity (Wildman–Crippen MR) is 59.6 cm³/mol. The molecule has 0 fully saturated rings. The molecular weight excluding hydrogens is 234 g/mol. The number of esters is 1. The molecule has 0 bridgehead atoms. The molecule has 1 aromatic rings. The van der Waals surface area contributed by atoms with Gasteiger partial charge in [-0.2, -0.15) is 0 Å². The van der Waals surface area contributed by atoms with Crippen molar-refractivity contribution in [2.24, 2.45) is 0 Å². The minimum Gasteiger partial charge on any atom is -0.464 e. The number of hydrogen-bond donors (Lipinski definition) is 2. The second kappa shape index (κ2) is 5.50. The van der Waals surface area contributed by atoms with Crippen molar-refractivity contribution >= 4 is 23.4 Å². The third-order valence-corrected chi connectivity index (χ3v) is 2.14. The third-order valence-electron chi connectivity index (χ3n) is 1.79. The zero-order chi connectivity index (χ0) is 12.1. The van der Waals surface area contributed by atoms with E-state index in [1.54, 1.807) is 13.8 Å². The van der Waals surface area contributed by atoms with E-state index in [4.69, 9.17) is 16.3 Å². The zero-order valence-electron chi connectivity index (χ0n) is 8.91. The Balaban J connectivity index is 2.77. The van der Waals surface area contributed by atoms with Gasteiger partial charge >= 0.3 is 5.97 Å². The van der Waals surface area contributed by atoms with Crippen LogP contribution in [0.2, 0.25) is 5.02 Å². The van der Waals surface area contributed by atoms with E-state index in [9.17, 15) is 9.59 Å². The standard InChI is InChI=1S/C9H12ClN3O3/c1-3-16-9(15)5(2)13-7-6(10)8(14)12-4-11-7/h4-5H,3H2,1-2H3,(H2,11,12,13,14). The first kappa shape index (κ1) is 12.5. The van der Waals surface area contributed by atoms with E-state index in [2.05, 4.69) is 15.3 Å². The van der Waals surface area contributed by atoms with E-state index in [1.807, 2.05) is 0 Å². The molecule has 6 nitrogen and oxygen atoms in total. The van der Waals surface area contributed by atoms with Crippen molar-refractivity contribution in [2.45, 2.75) is 19.9 Å². The van der Waals surface area contributed by atoms with Gasteiger partial charge in [-0.25, -0.2) is 9.78 Å². The molecular formula is C9H12ClN3O3. The second-order valence-corrected chi connectivity index (χ2v) is 3.39. The smallest absolute Gasteiger partial charge is 0.328 e. The van der Waals surface area contributed by atoms with Crippen molar-refractivity contribution in [2.75, 3.05) is 11.9 Å². The number of hydrogen-bond acceptors (Lipinski definition) is 5. The maximum atomic E-state index is 11.3. The van der Waals surface area contributed by atoms with E-state index in [-0.39, 0.29) is 10.8 Å². The normalized spacial score (nSPS) is 11.9. The first-order valence-electron chi connectivity index (χ1n) is 4.72. The van der Waals surface area contributed by atoms with Gasteiger partial charge in [0, 0.05) is 0 Å². The summed E-state index contributed by atoms with van der Waals surface area (Å²) in [4.78, 5) is 28.6. The average Bonchev–Trinajstić information content (AvgIpc) is 2.25. The number of anilines is 1. The summed E-state index contributed by atoms with van der Waals surface area (Å²) in [6, 6.07) is -0.619.